The van der Waals surface area contributed by atoms with Crippen molar-refractivity contribution in [1.82, 2.24) is 21.1 Å². The van der Waals surface area contributed by atoms with E-state index >= 15 is 0 Å². The normalized spacial score (nSPS) is 17.0. The molecule has 25 heavy (non-hydrogen) atoms. The molecule has 4 amide bonds. The van der Waals surface area contributed by atoms with Gasteiger partial charge in [-0.3, -0.25) is 10.2 Å². The molecule has 1 atom stereocenters. The minimum atomic E-state index is -0.288. The molecule has 1 unspecified atom stereocenters. The maximum absolute atomic E-state index is 11.9. The Labute approximate surface area is 174 Å². The number of nitrogens with zero attached hydrogens (tertiary/aromatic N) is 1. The third-order valence-corrected chi connectivity index (χ3v) is 6.16. The summed E-state index contributed by atoms with van der Waals surface area (Å²) >= 11 is 1.19. The molecule has 0 bridgehead atoms. The van der Waals surface area contributed by atoms with Crippen molar-refractivity contribution in [1.29, 1.82) is 0 Å². The first kappa shape index (κ1) is 22.7. The fourth-order valence-corrected chi connectivity index (χ4v) is 3.91. The number of hydrogen-bond acceptors (Lipinski definition) is 7. The van der Waals surface area contributed by atoms with Crippen molar-refractivity contribution in [3.63, 3.8) is 0 Å². The van der Waals surface area contributed by atoms with Gasteiger partial charge in [0.15, 0.2) is 0 Å². The minimum absolute atomic E-state index is 0.0799. The molecule has 0 saturated carbocycles. The van der Waals surface area contributed by atoms with Gasteiger partial charge in [-0.25, -0.2) is 5.43 Å². The van der Waals surface area contributed by atoms with Gasteiger partial charge in [-0.05, 0) is 0 Å². The Bertz CT molecular complexity index is 494. The van der Waals surface area contributed by atoms with E-state index in [9.17, 15) is 19.2 Å². The summed E-state index contributed by atoms with van der Waals surface area (Å²) in [5.74, 6) is 0.622. The predicted molar refractivity (Wildman–Crippen MR) is 87.6 cm³/mol. The molecule has 11 heteroatoms. The molecule has 0 aromatic heterocycles. The number of hydrazine groups is 1. The Morgan fingerprint density at radius 3 is 2.68 bits per heavy atom. The van der Waals surface area contributed by atoms with Crippen LogP contribution in [0.25, 0.3) is 0 Å². The standard InChI is InChI=1S/C14H24N4O5S.Sm/c1-2-16-17-12(20)4-7-23-8-5-15-11(19)3-6-18-13(21)9-10(24)14(18)22;/h10,16,24H,2-9H2,1H3,(H,15,19)(H,17,20);/q;+1/p-1. The van der Waals surface area contributed by atoms with E-state index in [1.807, 2.05) is 6.92 Å². The molecule has 0 aliphatic carbocycles. The second-order valence-electron chi connectivity index (χ2n) is 5.21. The first-order valence-corrected chi connectivity index (χ1v) is 12.0. The summed E-state index contributed by atoms with van der Waals surface area (Å²) < 4.78 is 5.25. The van der Waals surface area contributed by atoms with Gasteiger partial charge in [0.1, 0.15) is 0 Å². The van der Waals surface area contributed by atoms with Crippen LogP contribution >= 0.6 is 5.77 Å². The summed E-state index contributed by atoms with van der Waals surface area (Å²) in [4.78, 5) is 47.8. The van der Waals surface area contributed by atoms with Gasteiger partial charge in [0, 0.05) is 6.54 Å². The second kappa shape index (κ2) is 12.9. The summed E-state index contributed by atoms with van der Waals surface area (Å²) in [6.07, 6.45) is 0.540. The number of amides is 4. The van der Waals surface area contributed by atoms with Gasteiger partial charge in [-0.1, -0.05) is 6.92 Å². The number of rotatable bonds is 12. The monoisotopic (exact) mass is 511 g/mol. The molecular formula is C14H23N4O5SSm. The molecule has 9 nitrogen and oxygen atoms in total. The van der Waals surface area contributed by atoms with E-state index in [0.29, 0.717) is 19.7 Å². The van der Waals surface area contributed by atoms with Gasteiger partial charge in [-0.2, -0.15) is 0 Å². The Kier molecular flexibility index (Phi) is 11.8. The topological polar surface area (TPSA) is 117 Å². The molecule has 1 fully saturated rings. The van der Waals surface area contributed by atoms with Crippen LogP contribution in [-0.4, -0.2) is 66.6 Å². The van der Waals surface area contributed by atoms with Crippen molar-refractivity contribution in [3.05, 3.63) is 0 Å². The average molecular weight is 510 g/mol. The van der Waals surface area contributed by atoms with Crippen LogP contribution in [0.3, 0.4) is 0 Å². The number of ether oxygens (including phenoxy) is 1. The zero-order chi connectivity index (χ0) is 18.7. The van der Waals surface area contributed by atoms with E-state index in [0.717, 1.165) is 0 Å². The van der Waals surface area contributed by atoms with E-state index in [-0.39, 0.29) is 61.3 Å². The molecule has 1 aliphatic heterocycles. The summed E-state index contributed by atoms with van der Waals surface area (Å²) in [6.45, 7) is 3.50. The quantitative estimate of drug-likeness (QED) is 0.173. The van der Waals surface area contributed by atoms with E-state index in [1.54, 1.807) is 0 Å². The number of likely N-dealkylation sites (tertiary alicyclic amines) is 1. The summed E-state index contributed by atoms with van der Waals surface area (Å²) in [6, 6.07) is 0. The van der Waals surface area contributed by atoms with Crippen LogP contribution in [0.15, 0.2) is 0 Å². The fourth-order valence-electron chi connectivity index (χ4n) is 2.04. The predicted octanol–water partition coefficient (Wildman–Crippen LogP) is -1.13. The van der Waals surface area contributed by atoms with Crippen molar-refractivity contribution in [3.8, 4) is 0 Å². The summed E-state index contributed by atoms with van der Waals surface area (Å²) in [5.41, 5.74) is 5.20. The van der Waals surface area contributed by atoms with Crippen molar-refractivity contribution in [2.24, 2.45) is 0 Å². The molecule has 3 N–H and O–H groups in total. The number of imide groups is 1. The van der Waals surface area contributed by atoms with Crippen LogP contribution in [0.2, 0.25) is 0 Å². The number of carbonyl (C=O) groups is 4. The molecule has 0 spiro atoms. The number of carbonyl (C=O) groups excluding carboxylic acids is 4. The molecule has 141 valence electrons. The average Bonchev–Trinajstić information content (AvgIpc) is 2.87. The van der Waals surface area contributed by atoms with E-state index in [1.165, 1.54) is 47.1 Å². The van der Waals surface area contributed by atoms with Crippen LogP contribution in [0.4, 0.5) is 0 Å². The van der Waals surface area contributed by atoms with Crippen molar-refractivity contribution >= 4 is 29.4 Å². The molecule has 0 radical (unpaired) electrons. The zero-order valence-corrected chi connectivity index (χ0v) is 17.5. The molecule has 1 saturated heterocycles. The van der Waals surface area contributed by atoms with Crippen molar-refractivity contribution in [2.45, 2.75) is 31.4 Å². The van der Waals surface area contributed by atoms with Crippen LogP contribution < -0.4 is 16.2 Å². The van der Waals surface area contributed by atoms with Gasteiger partial charge >= 0.3 is 134 Å². The Hall–Kier alpha value is -0.312. The Morgan fingerprint density at radius 1 is 1.28 bits per heavy atom. The number of nitrogens with one attached hydrogen (secondary N) is 3. The van der Waals surface area contributed by atoms with Crippen LogP contribution in [-0.2, 0) is 23.9 Å². The first-order chi connectivity index (χ1) is 12.0. The van der Waals surface area contributed by atoms with E-state index < -0.39 is 0 Å². The fraction of sp³-hybridized carbons (Fsp3) is 0.714. The SMILES string of the molecule is CCNNC(=O)CCOCCNC(=O)CCN1C(=O)CC([S][Sm])C1=O. The van der Waals surface area contributed by atoms with Crippen molar-refractivity contribution in [2.75, 3.05) is 32.8 Å². The van der Waals surface area contributed by atoms with Crippen LogP contribution in [0, 0.1) is 36.4 Å². The van der Waals surface area contributed by atoms with E-state index in [2.05, 4.69) is 16.2 Å². The Morgan fingerprint density at radius 2 is 2.04 bits per heavy atom. The first-order valence-electron chi connectivity index (χ1n) is 7.98. The summed E-state index contributed by atoms with van der Waals surface area (Å²) in [7, 11) is 0. The van der Waals surface area contributed by atoms with Crippen molar-refractivity contribution < 1.29 is 60.3 Å². The number of hydrogen-bond donors (Lipinski definition) is 3. The Balaban J connectivity index is 2.07. The molecule has 1 aliphatic rings. The maximum atomic E-state index is 11.9. The van der Waals surface area contributed by atoms with Gasteiger partial charge < -0.3 is 0 Å². The second-order valence-corrected chi connectivity index (χ2v) is 7.83. The summed E-state index contributed by atoms with van der Waals surface area (Å²) in [5, 5.41) is 2.37. The third-order valence-electron chi connectivity index (χ3n) is 3.33. The molecule has 0 aromatic rings. The molecule has 1 heterocycles. The van der Waals surface area contributed by atoms with Gasteiger partial charge in [0.2, 0.25) is 5.91 Å². The molecular weight excluding hydrogens is 487 g/mol. The van der Waals surface area contributed by atoms with Crippen LogP contribution in [0.5, 0.6) is 0 Å². The molecule has 0 aromatic carbocycles. The van der Waals surface area contributed by atoms with Gasteiger partial charge in [-0.15, -0.1) is 0 Å². The van der Waals surface area contributed by atoms with Gasteiger partial charge in [0.05, 0.1) is 6.42 Å². The molecule has 1 rings (SSSR count). The van der Waals surface area contributed by atoms with Crippen LogP contribution in [0.1, 0.15) is 26.2 Å². The van der Waals surface area contributed by atoms with E-state index in [4.69, 9.17) is 4.74 Å². The van der Waals surface area contributed by atoms with Gasteiger partial charge in [0.25, 0.3) is 0 Å². The zero-order valence-electron chi connectivity index (χ0n) is 14.0. The third kappa shape index (κ3) is 8.75.